The Labute approximate surface area is 170 Å². The zero-order valence-corrected chi connectivity index (χ0v) is 16.2. The zero-order chi connectivity index (χ0) is 21.5. The number of carbonyl (C=O) groups excluding carboxylic acids is 1. The van der Waals surface area contributed by atoms with E-state index in [1.54, 1.807) is 6.92 Å². The maximum Gasteiger partial charge on any atom is 0.267 e. The Hall–Kier alpha value is -3.07. The molecule has 0 bridgehead atoms. The molecule has 0 aliphatic carbocycles. The number of halogens is 3. The van der Waals surface area contributed by atoms with Crippen LogP contribution < -0.4 is 15.8 Å². The van der Waals surface area contributed by atoms with Gasteiger partial charge in [-0.2, -0.15) is 0 Å². The van der Waals surface area contributed by atoms with Gasteiger partial charge in [-0.05, 0) is 44.2 Å². The smallest absolute Gasteiger partial charge is 0.267 e. The quantitative estimate of drug-likeness (QED) is 0.659. The van der Waals surface area contributed by atoms with Crippen LogP contribution in [0.2, 0.25) is 0 Å². The fraction of sp³-hybridized carbons (Fsp3) is 0.333. The molecule has 3 N–H and O–H groups in total. The molecule has 9 heteroatoms. The number of pyridine rings is 1. The third-order valence-corrected chi connectivity index (χ3v) is 5.31. The molecule has 3 heterocycles. The van der Waals surface area contributed by atoms with E-state index in [1.165, 1.54) is 30.5 Å². The molecule has 1 amide bonds. The molecule has 1 unspecified atom stereocenters. The minimum absolute atomic E-state index is 0.0408. The highest BCUT2D eigenvalue weighted by atomic mass is 19.3. The van der Waals surface area contributed by atoms with E-state index in [9.17, 15) is 18.0 Å². The highest BCUT2D eigenvalue weighted by molar-refractivity contribution is 6.08. The first kappa shape index (κ1) is 20.2. The second-order valence-electron chi connectivity index (χ2n) is 7.25. The van der Waals surface area contributed by atoms with Gasteiger partial charge in [-0.3, -0.25) is 9.78 Å². The van der Waals surface area contributed by atoms with Gasteiger partial charge in [0.2, 0.25) is 0 Å². The Morgan fingerprint density at radius 1 is 1.40 bits per heavy atom. The number of aromatic nitrogens is 1. The number of amides is 1. The number of aryl methyl sites for hydroxylation is 1. The number of furan rings is 1. The molecule has 1 fully saturated rings. The summed E-state index contributed by atoms with van der Waals surface area (Å²) < 4.78 is 55.1. The van der Waals surface area contributed by atoms with Crippen LogP contribution in [0, 0.1) is 12.7 Å². The highest BCUT2D eigenvalue weighted by Gasteiger charge is 2.45. The lowest BCUT2D eigenvalue weighted by Gasteiger charge is -2.33. The summed E-state index contributed by atoms with van der Waals surface area (Å²) in [6, 6.07) is 5.70. The van der Waals surface area contributed by atoms with E-state index >= 15 is 0 Å². The van der Waals surface area contributed by atoms with Crippen molar-refractivity contribution in [3.63, 3.8) is 0 Å². The van der Waals surface area contributed by atoms with Crippen LogP contribution >= 0.6 is 0 Å². The molecule has 4 rings (SSSR count). The summed E-state index contributed by atoms with van der Waals surface area (Å²) in [5.74, 6) is -5.32. The molecule has 1 aliphatic rings. The number of rotatable bonds is 5. The van der Waals surface area contributed by atoms with Gasteiger partial charge in [-0.1, -0.05) is 0 Å². The van der Waals surface area contributed by atoms with Crippen molar-refractivity contribution in [3.8, 4) is 5.75 Å². The van der Waals surface area contributed by atoms with Crippen LogP contribution in [0.5, 0.6) is 5.75 Å². The maximum atomic E-state index is 14.9. The van der Waals surface area contributed by atoms with Crippen LogP contribution in [0.4, 0.5) is 13.2 Å². The Kier molecular flexibility index (Phi) is 5.15. The van der Waals surface area contributed by atoms with Crippen molar-refractivity contribution >= 4 is 16.9 Å². The van der Waals surface area contributed by atoms with Crippen LogP contribution in [-0.2, 0) is 6.61 Å². The molecule has 30 heavy (non-hydrogen) atoms. The second-order valence-corrected chi connectivity index (χ2v) is 7.25. The van der Waals surface area contributed by atoms with Crippen molar-refractivity contribution in [1.82, 2.24) is 10.3 Å². The Morgan fingerprint density at radius 2 is 2.20 bits per heavy atom. The standard InChI is InChI=1S/C21H20F3N3O3/c1-11-17(20(25)28)19-16(30-11)5-4-15(29-9-14-13(22)3-2-7-27-14)18(19)12-6-8-26-10-21(12,23)24/h2-5,7,12,26H,6,8-10H2,1H3,(H2,25,28). The van der Waals surface area contributed by atoms with Gasteiger partial charge in [0.25, 0.3) is 11.8 Å². The molecule has 1 atom stereocenters. The molecule has 158 valence electrons. The number of nitrogens with one attached hydrogen (secondary N) is 1. The Balaban J connectivity index is 1.88. The van der Waals surface area contributed by atoms with E-state index in [4.69, 9.17) is 14.9 Å². The molecule has 6 nitrogen and oxygen atoms in total. The number of fused-ring (bicyclic) bond motifs is 1. The minimum atomic E-state index is -3.10. The van der Waals surface area contributed by atoms with Crippen molar-refractivity contribution in [2.75, 3.05) is 13.1 Å². The summed E-state index contributed by atoms with van der Waals surface area (Å²) in [5, 5.41) is 2.90. The van der Waals surface area contributed by atoms with Crippen LogP contribution in [0.15, 0.2) is 34.9 Å². The van der Waals surface area contributed by atoms with Crippen LogP contribution in [-0.4, -0.2) is 29.9 Å². The van der Waals surface area contributed by atoms with E-state index in [-0.39, 0.29) is 52.3 Å². The number of hydrogen-bond acceptors (Lipinski definition) is 5. The predicted octanol–water partition coefficient (Wildman–Crippen LogP) is 3.67. The Bertz CT molecular complexity index is 1110. The topological polar surface area (TPSA) is 90.4 Å². The number of nitrogens with zero attached hydrogens (tertiary/aromatic N) is 1. The molecular weight excluding hydrogens is 399 g/mol. The zero-order valence-electron chi connectivity index (χ0n) is 16.2. The average Bonchev–Trinajstić information content (AvgIpc) is 3.03. The van der Waals surface area contributed by atoms with E-state index in [1.807, 2.05) is 0 Å². The van der Waals surface area contributed by atoms with Crippen molar-refractivity contribution in [2.24, 2.45) is 5.73 Å². The van der Waals surface area contributed by atoms with Gasteiger partial charge < -0.3 is 20.2 Å². The molecule has 0 saturated carbocycles. The average molecular weight is 419 g/mol. The summed E-state index contributed by atoms with van der Waals surface area (Å²) in [6.45, 7) is 1.15. The molecule has 1 aliphatic heterocycles. The van der Waals surface area contributed by atoms with E-state index in [2.05, 4.69) is 10.3 Å². The fourth-order valence-corrected chi connectivity index (χ4v) is 3.95. The molecule has 1 aromatic carbocycles. The summed E-state index contributed by atoms with van der Waals surface area (Å²) in [6.07, 6.45) is 1.53. The predicted molar refractivity (Wildman–Crippen MR) is 103 cm³/mol. The largest absolute Gasteiger partial charge is 0.487 e. The van der Waals surface area contributed by atoms with Crippen LogP contribution in [0.1, 0.15) is 39.7 Å². The first-order valence-corrected chi connectivity index (χ1v) is 9.46. The van der Waals surface area contributed by atoms with Gasteiger partial charge in [0.05, 0.1) is 18.0 Å². The third-order valence-electron chi connectivity index (χ3n) is 5.31. The first-order valence-electron chi connectivity index (χ1n) is 9.46. The highest BCUT2D eigenvalue weighted by Crippen LogP contribution is 2.47. The lowest BCUT2D eigenvalue weighted by atomic mass is 9.83. The van der Waals surface area contributed by atoms with Gasteiger partial charge in [0.1, 0.15) is 35.2 Å². The number of hydrogen-bond donors (Lipinski definition) is 2. The molecule has 2 aromatic heterocycles. The SMILES string of the molecule is Cc1oc2ccc(OCc3ncccc3F)c(C3CCNCC3(F)F)c2c1C(N)=O. The monoisotopic (exact) mass is 419 g/mol. The van der Waals surface area contributed by atoms with E-state index in [0.717, 1.165) is 0 Å². The van der Waals surface area contributed by atoms with Crippen molar-refractivity contribution < 1.29 is 27.1 Å². The number of alkyl halides is 2. The number of primary amides is 1. The lowest BCUT2D eigenvalue weighted by molar-refractivity contribution is -0.0423. The molecule has 1 saturated heterocycles. The first-order chi connectivity index (χ1) is 14.3. The Morgan fingerprint density at radius 3 is 2.90 bits per heavy atom. The van der Waals surface area contributed by atoms with Crippen LogP contribution in [0.25, 0.3) is 11.0 Å². The summed E-state index contributed by atoms with van der Waals surface area (Å²) in [5.41, 5.74) is 6.02. The van der Waals surface area contributed by atoms with Crippen LogP contribution in [0.3, 0.4) is 0 Å². The van der Waals surface area contributed by atoms with E-state index in [0.29, 0.717) is 6.54 Å². The third kappa shape index (κ3) is 3.49. The number of benzene rings is 1. The van der Waals surface area contributed by atoms with Crippen molar-refractivity contribution in [2.45, 2.75) is 31.8 Å². The molecular formula is C21H20F3N3O3. The van der Waals surface area contributed by atoms with Crippen molar-refractivity contribution in [3.05, 3.63) is 58.9 Å². The van der Waals surface area contributed by atoms with Gasteiger partial charge in [0, 0.05) is 17.1 Å². The minimum Gasteiger partial charge on any atom is -0.487 e. The van der Waals surface area contributed by atoms with Gasteiger partial charge in [0.15, 0.2) is 0 Å². The van der Waals surface area contributed by atoms with E-state index < -0.39 is 30.1 Å². The van der Waals surface area contributed by atoms with Gasteiger partial charge in [-0.25, -0.2) is 13.2 Å². The molecule has 0 radical (unpaired) electrons. The second kappa shape index (κ2) is 7.64. The van der Waals surface area contributed by atoms with Crippen molar-refractivity contribution in [1.29, 1.82) is 0 Å². The normalized spacial score (nSPS) is 18.5. The number of piperidine rings is 1. The lowest BCUT2D eigenvalue weighted by Crippen LogP contribution is -2.44. The molecule has 0 spiro atoms. The molecule has 3 aromatic rings. The number of nitrogens with two attached hydrogens (primary N) is 1. The van der Waals surface area contributed by atoms with Gasteiger partial charge >= 0.3 is 0 Å². The van der Waals surface area contributed by atoms with Gasteiger partial charge in [-0.15, -0.1) is 0 Å². The number of carbonyl (C=O) groups is 1. The summed E-state index contributed by atoms with van der Waals surface area (Å²) in [7, 11) is 0. The summed E-state index contributed by atoms with van der Waals surface area (Å²) in [4.78, 5) is 16.0. The fourth-order valence-electron chi connectivity index (χ4n) is 3.95. The number of ether oxygens (including phenoxy) is 1. The summed E-state index contributed by atoms with van der Waals surface area (Å²) >= 11 is 0. The maximum absolute atomic E-state index is 14.9.